The van der Waals surface area contributed by atoms with Crippen LogP contribution >= 0.6 is 0 Å². The van der Waals surface area contributed by atoms with Gasteiger partial charge in [0.1, 0.15) is 11.9 Å². The highest BCUT2D eigenvalue weighted by Gasteiger charge is 2.23. The molecule has 96 valence electrons. The van der Waals surface area contributed by atoms with Crippen LogP contribution in [0.25, 0.3) is 0 Å². The van der Waals surface area contributed by atoms with Gasteiger partial charge in [0, 0.05) is 5.56 Å². The highest BCUT2D eigenvalue weighted by Crippen LogP contribution is 2.26. The lowest BCUT2D eigenvalue weighted by Gasteiger charge is -2.26. The summed E-state index contributed by atoms with van der Waals surface area (Å²) in [6.45, 7) is 3.72. The molecule has 2 nitrogen and oxygen atoms in total. The molecule has 0 aliphatic carbocycles. The average molecular weight is 246 g/mol. The molecule has 1 unspecified atom stereocenters. The Hall–Kier alpha value is -1.40. The van der Waals surface area contributed by atoms with Gasteiger partial charge in [-0.1, -0.05) is 30.5 Å². The van der Waals surface area contributed by atoms with Crippen molar-refractivity contribution in [2.75, 3.05) is 13.1 Å². The summed E-state index contributed by atoms with van der Waals surface area (Å²) in [5.74, 6) is -0.267. The molecule has 0 amide bonds. The topological polar surface area (TPSA) is 27.0 Å². The van der Waals surface area contributed by atoms with E-state index in [1.807, 2.05) is 6.92 Å². The summed E-state index contributed by atoms with van der Waals surface area (Å²) in [6.07, 6.45) is 4.63. The smallest absolute Gasteiger partial charge is 0.129 e. The van der Waals surface area contributed by atoms with Gasteiger partial charge in [-0.05, 0) is 38.9 Å². The van der Waals surface area contributed by atoms with Crippen LogP contribution in [0.4, 0.5) is 4.39 Å². The second-order valence-electron chi connectivity index (χ2n) is 5.01. The third-order valence-corrected chi connectivity index (χ3v) is 3.57. The van der Waals surface area contributed by atoms with Gasteiger partial charge in [0.15, 0.2) is 0 Å². The maximum atomic E-state index is 13.9. The van der Waals surface area contributed by atoms with Crippen molar-refractivity contribution in [1.82, 2.24) is 4.90 Å². The first-order valence-corrected chi connectivity index (χ1v) is 6.62. The molecule has 1 atom stereocenters. The molecule has 0 N–H and O–H groups in total. The van der Waals surface area contributed by atoms with Crippen molar-refractivity contribution >= 4 is 0 Å². The molecular weight excluding hydrogens is 227 g/mol. The van der Waals surface area contributed by atoms with E-state index in [0.717, 1.165) is 31.5 Å². The van der Waals surface area contributed by atoms with Gasteiger partial charge in [0.2, 0.25) is 0 Å². The summed E-state index contributed by atoms with van der Waals surface area (Å²) in [5.41, 5.74) is 1.53. The van der Waals surface area contributed by atoms with Crippen LogP contribution < -0.4 is 0 Å². The van der Waals surface area contributed by atoms with Crippen molar-refractivity contribution < 1.29 is 4.39 Å². The van der Waals surface area contributed by atoms with Gasteiger partial charge < -0.3 is 0 Å². The zero-order chi connectivity index (χ0) is 13.0. The van der Waals surface area contributed by atoms with Crippen molar-refractivity contribution in [2.45, 2.75) is 38.6 Å². The van der Waals surface area contributed by atoms with Gasteiger partial charge in [-0.2, -0.15) is 5.26 Å². The van der Waals surface area contributed by atoms with E-state index < -0.39 is 6.04 Å². The number of aryl methyl sites for hydroxylation is 1. The van der Waals surface area contributed by atoms with Crippen molar-refractivity contribution in [2.24, 2.45) is 0 Å². The standard InChI is InChI=1S/C15H19FN2/c1-12-6-7-14(16)13(10-12)15(11-17)18-8-4-2-3-5-9-18/h6-7,10,15H,2-5,8-9H2,1H3. The number of nitriles is 1. The molecule has 18 heavy (non-hydrogen) atoms. The first kappa shape index (κ1) is 13.0. The Morgan fingerprint density at radius 3 is 2.50 bits per heavy atom. The monoisotopic (exact) mass is 246 g/mol. The fraction of sp³-hybridized carbons (Fsp3) is 0.533. The Kier molecular flexibility index (Phi) is 4.33. The minimum absolute atomic E-state index is 0.267. The van der Waals surface area contributed by atoms with E-state index in [1.165, 1.54) is 18.9 Å². The van der Waals surface area contributed by atoms with Crippen LogP contribution in [0.3, 0.4) is 0 Å². The minimum Gasteiger partial charge on any atom is -0.284 e. The summed E-state index contributed by atoms with van der Waals surface area (Å²) >= 11 is 0. The van der Waals surface area contributed by atoms with Crippen LogP contribution in [-0.4, -0.2) is 18.0 Å². The van der Waals surface area contributed by atoms with Gasteiger partial charge in [-0.25, -0.2) is 4.39 Å². The molecule has 3 heteroatoms. The number of halogens is 1. The van der Waals surface area contributed by atoms with Gasteiger partial charge in [0.25, 0.3) is 0 Å². The first-order chi connectivity index (χ1) is 8.72. The first-order valence-electron chi connectivity index (χ1n) is 6.62. The van der Waals surface area contributed by atoms with Crippen molar-refractivity contribution in [3.05, 3.63) is 35.1 Å². The Labute approximate surface area is 108 Å². The van der Waals surface area contributed by atoms with E-state index in [0.29, 0.717) is 5.56 Å². The molecule has 1 aromatic rings. The Morgan fingerprint density at radius 2 is 1.89 bits per heavy atom. The van der Waals surface area contributed by atoms with Crippen LogP contribution in [0.5, 0.6) is 0 Å². The molecule has 1 saturated heterocycles. The zero-order valence-corrected chi connectivity index (χ0v) is 10.8. The van der Waals surface area contributed by atoms with Crippen LogP contribution in [0.15, 0.2) is 18.2 Å². The molecular formula is C15H19FN2. The van der Waals surface area contributed by atoms with E-state index in [-0.39, 0.29) is 5.82 Å². The molecule has 2 rings (SSSR count). The molecule has 1 aliphatic heterocycles. The second kappa shape index (κ2) is 5.97. The predicted octanol–water partition coefficient (Wildman–Crippen LogP) is 3.57. The van der Waals surface area contributed by atoms with Crippen LogP contribution in [0.1, 0.15) is 42.9 Å². The van der Waals surface area contributed by atoms with Crippen LogP contribution in [0.2, 0.25) is 0 Å². The molecule has 0 aromatic heterocycles. The molecule has 1 aliphatic rings. The van der Waals surface area contributed by atoms with E-state index in [4.69, 9.17) is 0 Å². The summed E-state index contributed by atoms with van der Waals surface area (Å²) in [5, 5.41) is 9.38. The Morgan fingerprint density at radius 1 is 1.22 bits per heavy atom. The Bertz CT molecular complexity index is 442. The number of likely N-dealkylation sites (tertiary alicyclic amines) is 1. The minimum atomic E-state index is -0.442. The van der Waals surface area contributed by atoms with Crippen LogP contribution in [0, 0.1) is 24.1 Å². The van der Waals surface area contributed by atoms with E-state index >= 15 is 0 Å². The average Bonchev–Trinajstić information content (AvgIpc) is 2.64. The van der Waals surface area contributed by atoms with E-state index in [9.17, 15) is 9.65 Å². The maximum Gasteiger partial charge on any atom is 0.129 e. The number of nitrogens with zero attached hydrogens (tertiary/aromatic N) is 2. The van der Waals surface area contributed by atoms with E-state index in [2.05, 4.69) is 11.0 Å². The quantitative estimate of drug-likeness (QED) is 0.797. The molecule has 1 fully saturated rings. The van der Waals surface area contributed by atoms with Gasteiger partial charge in [0.05, 0.1) is 6.07 Å². The van der Waals surface area contributed by atoms with E-state index in [1.54, 1.807) is 12.1 Å². The third-order valence-electron chi connectivity index (χ3n) is 3.57. The van der Waals surface area contributed by atoms with Gasteiger partial charge in [-0.3, -0.25) is 4.90 Å². The number of hydrogen-bond acceptors (Lipinski definition) is 2. The molecule has 0 radical (unpaired) electrons. The fourth-order valence-electron chi connectivity index (χ4n) is 2.57. The molecule has 1 aromatic carbocycles. The molecule has 1 heterocycles. The summed E-state index contributed by atoms with van der Waals surface area (Å²) in [6, 6.07) is 6.84. The summed E-state index contributed by atoms with van der Waals surface area (Å²) in [4.78, 5) is 2.12. The highest BCUT2D eigenvalue weighted by molar-refractivity contribution is 5.30. The maximum absolute atomic E-state index is 13.9. The fourth-order valence-corrected chi connectivity index (χ4v) is 2.57. The number of benzene rings is 1. The lowest BCUT2D eigenvalue weighted by Crippen LogP contribution is -2.29. The third kappa shape index (κ3) is 2.88. The number of rotatable bonds is 2. The van der Waals surface area contributed by atoms with Crippen molar-refractivity contribution in [3.8, 4) is 6.07 Å². The highest BCUT2D eigenvalue weighted by atomic mass is 19.1. The predicted molar refractivity (Wildman–Crippen MR) is 69.5 cm³/mol. The summed E-state index contributed by atoms with van der Waals surface area (Å²) in [7, 11) is 0. The molecule has 0 bridgehead atoms. The van der Waals surface area contributed by atoms with Gasteiger partial charge in [-0.15, -0.1) is 0 Å². The van der Waals surface area contributed by atoms with Crippen molar-refractivity contribution in [1.29, 1.82) is 5.26 Å². The lowest BCUT2D eigenvalue weighted by atomic mass is 10.0. The second-order valence-corrected chi connectivity index (χ2v) is 5.01. The zero-order valence-electron chi connectivity index (χ0n) is 10.8. The SMILES string of the molecule is Cc1ccc(F)c(C(C#N)N2CCCCCC2)c1. The molecule has 0 saturated carbocycles. The van der Waals surface area contributed by atoms with Gasteiger partial charge >= 0.3 is 0 Å². The Balaban J connectivity index is 2.26. The number of hydrogen-bond donors (Lipinski definition) is 0. The lowest BCUT2D eigenvalue weighted by molar-refractivity contribution is 0.241. The van der Waals surface area contributed by atoms with Crippen molar-refractivity contribution in [3.63, 3.8) is 0 Å². The summed E-state index contributed by atoms with van der Waals surface area (Å²) < 4.78 is 13.9. The molecule has 0 spiro atoms. The largest absolute Gasteiger partial charge is 0.284 e. The normalized spacial score (nSPS) is 18.9. The van der Waals surface area contributed by atoms with Crippen LogP contribution in [-0.2, 0) is 0 Å².